The van der Waals surface area contributed by atoms with Crippen molar-refractivity contribution in [3.8, 4) is 0 Å². The molecule has 4 nitrogen and oxygen atoms in total. The van der Waals surface area contributed by atoms with Crippen LogP contribution in [0.3, 0.4) is 0 Å². The molecule has 0 N–H and O–H groups in total. The number of nitrogens with zero attached hydrogens (tertiary/aromatic N) is 2. The second-order valence-electron chi connectivity index (χ2n) is 5.40. The van der Waals surface area contributed by atoms with Crippen molar-refractivity contribution in [1.29, 1.82) is 0 Å². The molecule has 0 bridgehead atoms. The summed E-state index contributed by atoms with van der Waals surface area (Å²) in [6.07, 6.45) is -0.308. The molecule has 0 radical (unpaired) electrons. The fourth-order valence-corrected chi connectivity index (χ4v) is 3.82. The summed E-state index contributed by atoms with van der Waals surface area (Å²) in [5.41, 5.74) is 2.72. The third kappa shape index (κ3) is 2.68. The largest absolute Gasteiger partial charge is 0.289 e. The molecular formula is C19H16N2O2S. The van der Waals surface area contributed by atoms with E-state index in [0.29, 0.717) is 0 Å². The quantitative estimate of drug-likeness (QED) is 0.718. The maximum atomic E-state index is 12.7. The van der Waals surface area contributed by atoms with E-state index in [1.807, 2.05) is 91.0 Å². The molecule has 3 aromatic carbocycles. The van der Waals surface area contributed by atoms with Crippen LogP contribution in [0.2, 0.25) is 0 Å². The highest BCUT2D eigenvalue weighted by Crippen LogP contribution is 2.40. The zero-order chi connectivity index (χ0) is 16.4. The van der Waals surface area contributed by atoms with E-state index in [9.17, 15) is 4.21 Å². The maximum absolute atomic E-state index is 12.7. The SMILES string of the molecule is O=[S@@]1ON(c2ccccc2)[C@H](c2ccccc2)N1c1ccccc1. The van der Waals surface area contributed by atoms with Gasteiger partial charge in [-0.2, -0.15) is 0 Å². The van der Waals surface area contributed by atoms with Gasteiger partial charge in [0.05, 0.1) is 11.4 Å². The Morgan fingerprint density at radius 3 is 1.79 bits per heavy atom. The second kappa shape index (κ2) is 6.47. The van der Waals surface area contributed by atoms with Crippen LogP contribution in [-0.2, 0) is 15.6 Å². The van der Waals surface area contributed by atoms with Gasteiger partial charge in [-0.05, 0) is 29.8 Å². The van der Waals surface area contributed by atoms with Crippen LogP contribution in [0, 0.1) is 0 Å². The van der Waals surface area contributed by atoms with Crippen LogP contribution in [0.25, 0.3) is 0 Å². The Kier molecular flexibility index (Phi) is 4.02. The predicted octanol–water partition coefficient (Wildman–Crippen LogP) is 4.22. The van der Waals surface area contributed by atoms with Crippen LogP contribution in [0.15, 0.2) is 91.0 Å². The Morgan fingerprint density at radius 2 is 1.21 bits per heavy atom. The van der Waals surface area contributed by atoms with Gasteiger partial charge in [0.25, 0.3) is 11.3 Å². The summed E-state index contributed by atoms with van der Waals surface area (Å²) in [6.45, 7) is 0. The fourth-order valence-electron chi connectivity index (χ4n) is 2.78. The summed E-state index contributed by atoms with van der Waals surface area (Å²) >= 11 is -1.61. The number of anilines is 2. The zero-order valence-electron chi connectivity index (χ0n) is 12.9. The Hall–Kier alpha value is -2.63. The molecule has 24 heavy (non-hydrogen) atoms. The van der Waals surface area contributed by atoms with Crippen LogP contribution < -0.4 is 9.37 Å². The van der Waals surface area contributed by atoms with Crippen LogP contribution in [0.5, 0.6) is 0 Å². The Bertz CT molecular complexity index is 828. The molecule has 1 fully saturated rings. The van der Waals surface area contributed by atoms with E-state index < -0.39 is 11.3 Å². The van der Waals surface area contributed by atoms with E-state index in [2.05, 4.69) is 0 Å². The highest BCUT2D eigenvalue weighted by Gasteiger charge is 2.41. The maximum Gasteiger partial charge on any atom is 0.289 e. The van der Waals surface area contributed by atoms with Gasteiger partial charge in [0, 0.05) is 0 Å². The van der Waals surface area contributed by atoms with Gasteiger partial charge in [-0.15, -0.1) is 4.28 Å². The summed E-state index contributed by atoms with van der Waals surface area (Å²) < 4.78 is 20.2. The van der Waals surface area contributed by atoms with Gasteiger partial charge < -0.3 is 0 Å². The molecule has 0 saturated carbocycles. The number of hydroxylamine groups is 1. The molecule has 3 aromatic rings. The average molecular weight is 336 g/mol. The van der Waals surface area contributed by atoms with Crippen molar-refractivity contribution in [2.75, 3.05) is 9.37 Å². The van der Waals surface area contributed by atoms with Crippen LogP contribution in [0.1, 0.15) is 11.7 Å². The van der Waals surface area contributed by atoms with E-state index in [4.69, 9.17) is 4.28 Å². The Balaban J connectivity index is 1.83. The Labute approximate surface area is 143 Å². The van der Waals surface area contributed by atoms with E-state index in [1.165, 1.54) is 0 Å². The first-order valence-corrected chi connectivity index (χ1v) is 8.71. The van der Waals surface area contributed by atoms with Crippen LogP contribution >= 0.6 is 0 Å². The normalized spacial score (nSPS) is 20.3. The van der Waals surface area contributed by atoms with Crippen molar-refractivity contribution in [2.24, 2.45) is 0 Å². The first-order valence-electron chi connectivity index (χ1n) is 7.68. The van der Waals surface area contributed by atoms with Crippen molar-refractivity contribution in [3.63, 3.8) is 0 Å². The number of benzene rings is 3. The van der Waals surface area contributed by atoms with Crippen molar-refractivity contribution in [3.05, 3.63) is 96.6 Å². The molecule has 1 saturated heterocycles. The van der Waals surface area contributed by atoms with Crippen molar-refractivity contribution in [2.45, 2.75) is 6.17 Å². The monoisotopic (exact) mass is 336 g/mol. The smallest absolute Gasteiger partial charge is 0.239 e. The molecule has 2 atom stereocenters. The first-order chi connectivity index (χ1) is 11.8. The minimum absolute atomic E-state index is 0.308. The lowest BCUT2D eigenvalue weighted by molar-refractivity contribution is 0.309. The molecule has 120 valence electrons. The molecule has 0 aromatic heterocycles. The molecule has 1 aliphatic rings. The third-order valence-electron chi connectivity index (χ3n) is 3.87. The topological polar surface area (TPSA) is 32.8 Å². The van der Waals surface area contributed by atoms with Gasteiger partial charge in [0.15, 0.2) is 6.17 Å². The molecule has 0 unspecified atom stereocenters. The number of rotatable bonds is 3. The zero-order valence-corrected chi connectivity index (χ0v) is 13.7. The van der Waals surface area contributed by atoms with Gasteiger partial charge in [0.2, 0.25) is 0 Å². The van der Waals surface area contributed by atoms with Crippen LogP contribution in [0.4, 0.5) is 11.4 Å². The van der Waals surface area contributed by atoms with Crippen molar-refractivity contribution < 1.29 is 8.49 Å². The summed E-state index contributed by atoms with van der Waals surface area (Å²) in [5, 5.41) is 1.71. The lowest BCUT2D eigenvalue weighted by Crippen LogP contribution is -2.30. The van der Waals surface area contributed by atoms with E-state index >= 15 is 0 Å². The van der Waals surface area contributed by atoms with Gasteiger partial charge in [-0.3, -0.25) is 0 Å². The predicted molar refractivity (Wildman–Crippen MR) is 96.3 cm³/mol. The third-order valence-corrected chi connectivity index (χ3v) is 4.89. The molecule has 4 rings (SSSR count). The van der Waals surface area contributed by atoms with Crippen molar-refractivity contribution >= 4 is 22.6 Å². The molecule has 1 aliphatic heterocycles. The average Bonchev–Trinajstić information content (AvgIpc) is 3.01. The molecule has 0 aliphatic carbocycles. The minimum atomic E-state index is -1.61. The first kappa shape index (κ1) is 14.9. The van der Waals surface area contributed by atoms with Crippen molar-refractivity contribution in [1.82, 2.24) is 0 Å². The van der Waals surface area contributed by atoms with E-state index in [-0.39, 0.29) is 6.17 Å². The number of para-hydroxylation sites is 2. The van der Waals surface area contributed by atoms with Gasteiger partial charge in [-0.25, -0.2) is 13.6 Å². The second-order valence-corrected chi connectivity index (χ2v) is 6.38. The molecule has 5 heteroatoms. The van der Waals surface area contributed by atoms with Gasteiger partial charge in [0.1, 0.15) is 0 Å². The summed E-state index contributed by atoms with van der Waals surface area (Å²) in [6, 6.07) is 29.3. The molecule has 0 amide bonds. The summed E-state index contributed by atoms with van der Waals surface area (Å²) in [4.78, 5) is 0. The fraction of sp³-hybridized carbons (Fsp3) is 0.0526. The minimum Gasteiger partial charge on any atom is -0.239 e. The van der Waals surface area contributed by atoms with Gasteiger partial charge >= 0.3 is 0 Å². The highest BCUT2D eigenvalue weighted by atomic mass is 32.2. The standard InChI is InChI=1S/C19H16N2O2S/c22-24-21(18-14-8-3-9-15-18)19(16-10-4-1-5-11-16)20(23-24)17-12-6-2-7-13-17/h1-15,19H/t19-,24+/m0/s1. The lowest BCUT2D eigenvalue weighted by Gasteiger charge is -2.27. The Morgan fingerprint density at radius 1 is 0.708 bits per heavy atom. The highest BCUT2D eigenvalue weighted by molar-refractivity contribution is 7.82. The number of hydrogen-bond acceptors (Lipinski definition) is 3. The molecular weight excluding hydrogens is 320 g/mol. The van der Waals surface area contributed by atoms with Crippen LogP contribution in [-0.4, -0.2) is 4.21 Å². The lowest BCUT2D eigenvalue weighted by atomic mass is 10.1. The summed E-state index contributed by atoms with van der Waals surface area (Å²) in [7, 11) is 0. The van der Waals surface area contributed by atoms with E-state index in [0.717, 1.165) is 16.9 Å². The van der Waals surface area contributed by atoms with Gasteiger partial charge in [-0.1, -0.05) is 66.7 Å². The molecule has 0 spiro atoms. The summed E-state index contributed by atoms with van der Waals surface area (Å²) in [5.74, 6) is 0. The number of hydrogen-bond donors (Lipinski definition) is 0. The van der Waals surface area contributed by atoms with E-state index in [1.54, 1.807) is 9.37 Å². The molecule has 1 heterocycles.